The molecule has 1 saturated heterocycles. The Morgan fingerprint density at radius 3 is 2.51 bits per heavy atom. The van der Waals surface area contributed by atoms with Gasteiger partial charge in [0.1, 0.15) is 11.8 Å². The molecular weight excluding hydrogens is 484 g/mol. The number of amides is 3. The molecule has 1 aliphatic rings. The highest BCUT2D eigenvalue weighted by atomic mass is 19.3. The summed E-state index contributed by atoms with van der Waals surface area (Å²) in [5.41, 5.74) is 1.13. The van der Waals surface area contributed by atoms with Crippen LogP contribution < -0.4 is 10.6 Å². The van der Waals surface area contributed by atoms with Gasteiger partial charge in [-0.3, -0.25) is 14.4 Å². The van der Waals surface area contributed by atoms with E-state index in [1.165, 1.54) is 18.2 Å². The fraction of sp³-hybridized carbons (Fsp3) is 0.444. The minimum atomic E-state index is -3.29. The molecule has 0 unspecified atom stereocenters. The number of aromatic hydroxyl groups is 1. The Labute approximate surface area is 214 Å². The Kier molecular flexibility index (Phi) is 9.20. The van der Waals surface area contributed by atoms with Gasteiger partial charge in [0.2, 0.25) is 5.91 Å². The lowest BCUT2D eigenvalue weighted by molar-refractivity contribution is -0.147. The van der Waals surface area contributed by atoms with E-state index in [1.54, 1.807) is 37.3 Å². The van der Waals surface area contributed by atoms with Crippen molar-refractivity contribution in [2.75, 3.05) is 13.1 Å². The number of likely N-dealkylation sites (tertiary alicyclic amines) is 1. The maximum atomic E-state index is 14.3. The fourth-order valence-electron chi connectivity index (χ4n) is 4.36. The topological polar surface area (TPSA) is 119 Å². The molecule has 1 fully saturated rings. The van der Waals surface area contributed by atoms with Gasteiger partial charge in [-0.05, 0) is 37.5 Å². The summed E-state index contributed by atoms with van der Waals surface area (Å²) in [5.74, 6) is -5.81. The van der Waals surface area contributed by atoms with E-state index in [2.05, 4.69) is 10.6 Å². The number of phenols is 1. The minimum absolute atomic E-state index is 0.0228. The SMILES string of the molecule is CCCCNC(=O)[C@@H]1CC(F)(F)CN1C(=O)[C@@H](O)[C@H](Cc1ccccc1)NC(=O)c1cccc(O)c1C. The molecule has 0 aromatic heterocycles. The Hall–Kier alpha value is -3.53. The van der Waals surface area contributed by atoms with Crippen molar-refractivity contribution in [3.05, 3.63) is 65.2 Å². The van der Waals surface area contributed by atoms with Crippen molar-refractivity contribution in [1.82, 2.24) is 15.5 Å². The first-order valence-corrected chi connectivity index (χ1v) is 12.3. The molecule has 37 heavy (non-hydrogen) atoms. The van der Waals surface area contributed by atoms with E-state index in [0.717, 1.165) is 6.42 Å². The third kappa shape index (κ3) is 7.03. The second-order valence-electron chi connectivity index (χ2n) is 9.35. The lowest BCUT2D eigenvalue weighted by atomic mass is 9.98. The molecule has 200 valence electrons. The van der Waals surface area contributed by atoms with Crippen molar-refractivity contribution in [3.8, 4) is 5.75 Å². The highest BCUT2D eigenvalue weighted by Gasteiger charge is 2.51. The van der Waals surface area contributed by atoms with Gasteiger partial charge in [-0.1, -0.05) is 49.7 Å². The highest BCUT2D eigenvalue weighted by Crippen LogP contribution is 2.33. The molecule has 10 heteroatoms. The molecule has 0 radical (unpaired) electrons. The van der Waals surface area contributed by atoms with Gasteiger partial charge in [0.15, 0.2) is 6.10 Å². The summed E-state index contributed by atoms with van der Waals surface area (Å²) in [5, 5.41) is 26.2. The largest absolute Gasteiger partial charge is 0.508 e. The molecule has 8 nitrogen and oxygen atoms in total. The van der Waals surface area contributed by atoms with E-state index in [0.29, 0.717) is 22.4 Å². The fourth-order valence-corrected chi connectivity index (χ4v) is 4.36. The maximum absolute atomic E-state index is 14.3. The van der Waals surface area contributed by atoms with Crippen molar-refractivity contribution < 1.29 is 33.4 Å². The van der Waals surface area contributed by atoms with Gasteiger partial charge in [0, 0.05) is 24.1 Å². The highest BCUT2D eigenvalue weighted by molar-refractivity contribution is 5.97. The molecule has 4 N–H and O–H groups in total. The molecule has 0 spiro atoms. The number of benzene rings is 2. The van der Waals surface area contributed by atoms with Gasteiger partial charge in [0.05, 0.1) is 12.6 Å². The molecule has 1 heterocycles. The number of aliphatic hydroxyl groups is 1. The number of carbonyl (C=O) groups is 3. The van der Waals surface area contributed by atoms with E-state index in [-0.39, 0.29) is 24.3 Å². The van der Waals surface area contributed by atoms with Gasteiger partial charge in [0.25, 0.3) is 17.7 Å². The number of unbranched alkanes of at least 4 members (excludes halogenated alkanes) is 1. The summed E-state index contributed by atoms with van der Waals surface area (Å²) >= 11 is 0. The first-order valence-electron chi connectivity index (χ1n) is 12.3. The normalized spacial score (nSPS) is 18.2. The van der Waals surface area contributed by atoms with E-state index in [9.17, 15) is 33.4 Å². The van der Waals surface area contributed by atoms with Gasteiger partial charge in [-0.2, -0.15) is 0 Å². The van der Waals surface area contributed by atoms with E-state index in [4.69, 9.17) is 0 Å². The van der Waals surface area contributed by atoms with Gasteiger partial charge in [-0.15, -0.1) is 0 Å². The van der Waals surface area contributed by atoms with Gasteiger partial charge >= 0.3 is 0 Å². The minimum Gasteiger partial charge on any atom is -0.508 e. The van der Waals surface area contributed by atoms with Gasteiger partial charge in [-0.25, -0.2) is 8.78 Å². The van der Waals surface area contributed by atoms with Crippen molar-refractivity contribution in [2.24, 2.45) is 0 Å². The summed E-state index contributed by atoms with van der Waals surface area (Å²) in [6, 6.07) is 10.5. The van der Waals surface area contributed by atoms with Crippen molar-refractivity contribution in [3.63, 3.8) is 0 Å². The van der Waals surface area contributed by atoms with E-state index in [1.807, 2.05) is 6.92 Å². The quantitative estimate of drug-likeness (QED) is 0.361. The second kappa shape index (κ2) is 12.1. The predicted molar refractivity (Wildman–Crippen MR) is 133 cm³/mol. The average molecular weight is 518 g/mol. The van der Waals surface area contributed by atoms with Crippen LogP contribution in [-0.4, -0.2) is 70.0 Å². The summed E-state index contributed by atoms with van der Waals surface area (Å²) in [4.78, 5) is 39.7. The lowest BCUT2D eigenvalue weighted by Gasteiger charge is -2.30. The number of nitrogens with zero attached hydrogens (tertiary/aromatic N) is 1. The predicted octanol–water partition coefficient (Wildman–Crippen LogP) is 2.56. The average Bonchev–Trinajstić information content (AvgIpc) is 3.20. The Morgan fingerprint density at radius 2 is 1.84 bits per heavy atom. The molecule has 0 bridgehead atoms. The van der Waals surface area contributed by atoms with Crippen molar-refractivity contribution in [2.45, 2.75) is 63.6 Å². The summed E-state index contributed by atoms with van der Waals surface area (Å²) in [7, 11) is 0. The van der Waals surface area contributed by atoms with Crippen LogP contribution >= 0.6 is 0 Å². The first-order chi connectivity index (χ1) is 17.5. The molecule has 2 aromatic carbocycles. The van der Waals surface area contributed by atoms with Crippen LogP contribution in [0.1, 0.15) is 47.7 Å². The second-order valence-corrected chi connectivity index (χ2v) is 9.35. The molecule has 0 aliphatic carbocycles. The number of rotatable bonds is 10. The molecule has 3 amide bonds. The zero-order chi connectivity index (χ0) is 27.2. The van der Waals surface area contributed by atoms with Crippen molar-refractivity contribution in [1.29, 1.82) is 0 Å². The standard InChI is InChI=1S/C27H33F2N3O5/c1-3-4-13-30-25(36)21-15-27(28,29)16-32(21)26(37)23(34)20(14-18-9-6-5-7-10-18)31-24(35)19-11-8-12-22(33)17(19)2/h5-12,20-21,23,33-34H,3-4,13-16H2,1-2H3,(H,30,36)(H,31,35)/t20-,21-,23-/m0/s1. The zero-order valence-corrected chi connectivity index (χ0v) is 20.9. The number of phenolic OH excluding ortho intramolecular Hbond substituents is 1. The number of carbonyl (C=O) groups excluding carboxylic acids is 3. The molecule has 0 saturated carbocycles. The smallest absolute Gasteiger partial charge is 0.267 e. The monoisotopic (exact) mass is 517 g/mol. The summed E-state index contributed by atoms with van der Waals surface area (Å²) < 4.78 is 28.7. The van der Waals surface area contributed by atoms with Gasteiger partial charge < -0.3 is 25.7 Å². The van der Waals surface area contributed by atoms with Crippen LogP contribution in [0.15, 0.2) is 48.5 Å². The first kappa shape index (κ1) is 28.0. The molecule has 3 rings (SSSR count). The molecular formula is C27H33F2N3O5. The van der Waals surface area contributed by atoms with E-state index >= 15 is 0 Å². The molecule has 2 aromatic rings. The number of nitrogens with one attached hydrogen (secondary N) is 2. The maximum Gasteiger partial charge on any atom is 0.267 e. The number of hydrogen-bond acceptors (Lipinski definition) is 5. The van der Waals surface area contributed by atoms with Crippen LogP contribution in [0.5, 0.6) is 5.75 Å². The van der Waals surface area contributed by atoms with Crippen LogP contribution in [0.25, 0.3) is 0 Å². The summed E-state index contributed by atoms with van der Waals surface area (Å²) in [6.07, 6.45) is -1.27. The van der Waals surface area contributed by atoms with Crippen LogP contribution in [0, 0.1) is 6.92 Å². The number of alkyl halides is 2. The number of halogens is 2. The molecule has 1 aliphatic heterocycles. The Balaban J connectivity index is 1.85. The zero-order valence-electron chi connectivity index (χ0n) is 20.9. The van der Waals surface area contributed by atoms with Crippen LogP contribution in [0.3, 0.4) is 0 Å². The number of aliphatic hydroxyl groups excluding tert-OH is 1. The van der Waals surface area contributed by atoms with Crippen molar-refractivity contribution >= 4 is 17.7 Å². The third-order valence-corrected chi connectivity index (χ3v) is 6.48. The third-order valence-electron chi connectivity index (χ3n) is 6.48. The summed E-state index contributed by atoms with van der Waals surface area (Å²) in [6.45, 7) is 2.75. The van der Waals surface area contributed by atoms with Crippen LogP contribution in [0.2, 0.25) is 0 Å². The van der Waals surface area contributed by atoms with Crippen LogP contribution in [-0.2, 0) is 16.0 Å². The Morgan fingerprint density at radius 1 is 1.14 bits per heavy atom. The number of hydrogen-bond donors (Lipinski definition) is 4. The van der Waals surface area contributed by atoms with Crippen LogP contribution in [0.4, 0.5) is 8.78 Å². The molecule has 3 atom stereocenters. The van der Waals surface area contributed by atoms with E-state index < -0.39 is 54.8 Å². The lowest BCUT2D eigenvalue weighted by Crippen LogP contribution is -2.56. The Bertz CT molecular complexity index is 1110.